The van der Waals surface area contributed by atoms with Crippen molar-refractivity contribution in [3.05, 3.63) is 23.0 Å². The van der Waals surface area contributed by atoms with Gasteiger partial charge >= 0.3 is 6.09 Å². The second-order valence-electron chi connectivity index (χ2n) is 7.66. The second-order valence-corrected chi connectivity index (χ2v) is 8.05. The predicted molar refractivity (Wildman–Crippen MR) is 88.4 cm³/mol. The molecule has 3 rings (SSSR count). The summed E-state index contributed by atoms with van der Waals surface area (Å²) < 4.78 is 5.57. The lowest BCUT2D eigenvalue weighted by molar-refractivity contribution is 0.00211. The van der Waals surface area contributed by atoms with Crippen molar-refractivity contribution in [1.29, 1.82) is 0 Å². The summed E-state index contributed by atoms with van der Waals surface area (Å²) in [5, 5.41) is 8.50. The number of hydrogen-bond donors (Lipinski definition) is 0. The van der Waals surface area contributed by atoms with Crippen LogP contribution in [0.1, 0.15) is 52.1 Å². The van der Waals surface area contributed by atoms with Crippen molar-refractivity contribution in [3.8, 4) is 0 Å². The molecule has 6 heteroatoms. The lowest BCUT2D eigenvalue weighted by Gasteiger charge is -2.39. The molecule has 1 aromatic rings. The summed E-state index contributed by atoms with van der Waals surface area (Å²) in [6.07, 6.45) is 4.92. The van der Waals surface area contributed by atoms with Crippen LogP contribution in [0.5, 0.6) is 0 Å². The van der Waals surface area contributed by atoms with Crippen LogP contribution in [-0.4, -0.2) is 38.9 Å². The van der Waals surface area contributed by atoms with E-state index in [1.165, 1.54) is 0 Å². The Morgan fingerprint density at radius 2 is 1.91 bits per heavy atom. The summed E-state index contributed by atoms with van der Waals surface area (Å²) in [6.45, 7) is 5.75. The van der Waals surface area contributed by atoms with Crippen LogP contribution in [0.15, 0.2) is 12.1 Å². The highest BCUT2D eigenvalue weighted by molar-refractivity contribution is 6.29. The Hall–Kier alpha value is -1.36. The van der Waals surface area contributed by atoms with Crippen LogP contribution in [-0.2, 0) is 11.2 Å². The molecule has 2 bridgehead atoms. The van der Waals surface area contributed by atoms with E-state index in [1.807, 2.05) is 31.7 Å². The van der Waals surface area contributed by atoms with E-state index in [-0.39, 0.29) is 6.09 Å². The van der Waals surface area contributed by atoms with Gasteiger partial charge in [-0.15, -0.1) is 5.10 Å². The number of amides is 1. The molecule has 2 saturated heterocycles. The minimum atomic E-state index is -0.438. The van der Waals surface area contributed by atoms with Gasteiger partial charge in [0.1, 0.15) is 5.60 Å². The van der Waals surface area contributed by atoms with Crippen molar-refractivity contribution >= 4 is 17.7 Å². The molecule has 23 heavy (non-hydrogen) atoms. The first-order chi connectivity index (χ1) is 10.8. The number of aromatic nitrogens is 2. The van der Waals surface area contributed by atoms with E-state index >= 15 is 0 Å². The fourth-order valence-corrected chi connectivity index (χ4v) is 3.92. The zero-order valence-electron chi connectivity index (χ0n) is 14.0. The highest BCUT2D eigenvalue weighted by Gasteiger charge is 2.44. The van der Waals surface area contributed by atoms with Gasteiger partial charge in [-0.1, -0.05) is 11.6 Å². The van der Waals surface area contributed by atoms with Crippen molar-refractivity contribution in [3.63, 3.8) is 0 Å². The van der Waals surface area contributed by atoms with E-state index < -0.39 is 5.60 Å². The van der Waals surface area contributed by atoms with E-state index in [1.54, 1.807) is 6.07 Å². The molecule has 0 aliphatic carbocycles. The lowest BCUT2D eigenvalue weighted by atomic mass is 9.87. The number of hydrogen-bond acceptors (Lipinski definition) is 4. The third-order valence-electron chi connectivity index (χ3n) is 4.62. The number of carbonyl (C=O) groups is 1. The third-order valence-corrected chi connectivity index (χ3v) is 4.82. The summed E-state index contributed by atoms with van der Waals surface area (Å²) in [7, 11) is 0. The molecule has 0 radical (unpaired) electrons. The van der Waals surface area contributed by atoms with E-state index in [9.17, 15) is 4.79 Å². The molecule has 3 atom stereocenters. The first-order valence-corrected chi connectivity index (χ1v) is 8.69. The number of ether oxygens (including phenoxy) is 1. The van der Waals surface area contributed by atoms with Crippen molar-refractivity contribution in [2.45, 2.75) is 70.6 Å². The van der Waals surface area contributed by atoms with E-state index in [4.69, 9.17) is 16.3 Å². The van der Waals surface area contributed by atoms with Gasteiger partial charge in [-0.05, 0) is 70.9 Å². The molecule has 0 spiro atoms. The maximum absolute atomic E-state index is 12.4. The Bertz CT molecular complexity index is 556. The number of carbonyl (C=O) groups excluding carboxylic acids is 1. The molecule has 0 saturated carbocycles. The molecule has 1 aromatic heterocycles. The molecule has 1 amide bonds. The molecule has 1 unspecified atom stereocenters. The van der Waals surface area contributed by atoms with Gasteiger partial charge in [-0.3, -0.25) is 0 Å². The fraction of sp³-hybridized carbons (Fsp3) is 0.706. The molecule has 2 aliphatic heterocycles. The molecule has 5 nitrogen and oxygen atoms in total. The molecule has 2 fully saturated rings. The van der Waals surface area contributed by atoms with Crippen LogP contribution in [0, 0.1) is 5.92 Å². The van der Waals surface area contributed by atoms with Crippen molar-refractivity contribution in [2.24, 2.45) is 5.92 Å². The number of nitrogens with zero attached hydrogens (tertiary/aromatic N) is 3. The molecular weight excluding hydrogens is 314 g/mol. The van der Waals surface area contributed by atoms with Crippen molar-refractivity contribution in [2.75, 3.05) is 0 Å². The van der Waals surface area contributed by atoms with Gasteiger partial charge < -0.3 is 9.64 Å². The SMILES string of the molecule is CC(C)(C)OC(=O)N1[C@@H]2CC[C@H]1CC(Cc1ccc(Cl)nn1)C2. The van der Waals surface area contributed by atoms with Crippen LogP contribution in [0.4, 0.5) is 4.79 Å². The largest absolute Gasteiger partial charge is 0.444 e. The van der Waals surface area contributed by atoms with Gasteiger partial charge in [0.2, 0.25) is 0 Å². The Kier molecular flexibility index (Phi) is 4.50. The molecular formula is C17H24ClN3O2. The van der Waals surface area contributed by atoms with Crippen LogP contribution in [0.25, 0.3) is 0 Å². The fourth-order valence-electron chi connectivity index (χ4n) is 3.82. The Labute approximate surface area is 142 Å². The highest BCUT2D eigenvalue weighted by atomic mass is 35.5. The maximum Gasteiger partial charge on any atom is 0.410 e. The number of halogens is 1. The Morgan fingerprint density at radius 3 is 2.43 bits per heavy atom. The zero-order valence-corrected chi connectivity index (χ0v) is 14.7. The monoisotopic (exact) mass is 337 g/mol. The molecule has 126 valence electrons. The van der Waals surface area contributed by atoms with Gasteiger partial charge in [-0.25, -0.2) is 4.79 Å². The molecule has 3 heterocycles. The number of rotatable bonds is 2. The minimum Gasteiger partial charge on any atom is -0.444 e. The van der Waals surface area contributed by atoms with Crippen molar-refractivity contribution < 1.29 is 9.53 Å². The van der Waals surface area contributed by atoms with Crippen LogP contribution < -0.4 is 0 Å². The summed E-state index contributed by atoms with van der Waals surface area (Å²) in [4.78, 5) is 14.4. The van der Waals surface area contributed by atoms with Gasteiger partial charge in [0.25, 0.3) is 0 Å². The Balaban J connectivity index is 1.62. The first kappa shape index (κ1) is 16.5. The zero-order chi connectivity index (χ0) is 16.6. The first-order valence-electron chi connectivity index (χ1n) is 8.31. The smallest absolute Gasteiger partial charge is 0.410 e. The number of fused-ring (bicyclic) bond motifs is 2. The summed E-state index contributed by atoms with van der Waals surface area (Å²) in [5.74, 6) is 0.543. The van der Waals surface area contributed by atoms with E-state index in [0.29, 0.717) is 23.2 Å². The van der Waals surface area contributed by atoms with Crippen molar-refractivity contribution in [1.82, 2.24) is 15.1 Å². The van der Waals surface area contributed by atoms with Gasteiger partial charge in [0.05, 0.1) is 5.69 Å². The average molecular weight is 338 g/mol. The average Bonchev–Trinajstić information content (AvgIpc) is 2.72. The van der Waals surface area contributed by atoms with Gasteiger partial charge in [0.15, 0.2) is 5.15 Å². The standard InChI is InChI=1S/C17H24ClN3O2/c1-17(2,3)23-16(22)21-13-5-6-14(21)10-11(9-13)8-12-4-7-15(18)20-19-12/h4,7,11,13-14H,5-6,8-10H2,1-3H3/t11?,13-,14+. The van der Waals surface area contributed by atoms with Gasteiger partial charge in [-0.2, -0.15) is 5.10 Å². The lowest BCUT2D eigenvalue weighted by Crippen LogP contribution is -2.48. The maximum atomic E-state index is 12.4. The molecule has 2 aliphatic rings. The van der Waals surface area contributed by atoms with Crippen LogP contribution in [0.3, 0.4) is 0 Å². The third kappa shape index (κ3) is 3.94. The minimum absolute atomic E-state index is 0.158. The van der Waals surface area contributed by atoms with Crippen LogP contribution in [0.2, 0.25) is 5.15 Å². The summed E-state index contributed by atoms with van der Waals surface area (Å²) in [6, 6.07) is 4.33. The highest BCUT2D eigenvalue weighted by Crippen LogP contribution is 2.40. The Morgan fingerprint density at radius 1 is 1.26 bits per heavy atom. The number of piperidine rings is 1. The van der Waals surface area contributed by atoms with E-state index in [2.05, 4.69) is 10.2 Å². The topological polar surface area (TPSA) is 55.3 Å². The predicted octanol–water partition coefficient (Wildman–Crippen LogP) is 3.85. The van der Waals surface area contributed by atoms with Crippen LogP contribution >= 0.6 is 11.6 Å². The normalized spacial score (nSPS) is 27.1. The van der Waals surface area contributed by atoms with E-state index in [0.717, 1.165) is 37.8 Å². The summed E-state index contributed by atoms with van der Waals surface area (Å²) >= 11 is 5.79. The second kappa shape index (κ2) is 6.27. The quantitative estimate of drug-likeness (QED) is 0.822. The van der Waals surface area contributed by atoms with Gasteiger partial charge in [0, 0.05) is 12.1 Å². The molecule has 0 N–H and O–H groups in total. The summed E-state index contributed by atoms with van der Waals surface area (Å²) in [5.41, 5.74) is 0.538. The molecule has 0 aromatic carbocycles.